The van der Waals surface area contributed by atoms with Crippen molar-refractivity contribution in [2.75, 3.05) is 27.2 Å². The zero-order valence-corrected chi connectivity index (χ0v) is 14.8. The summed E-state index contributed by atoms with van der Waals surface area (Å²) in [6.45, 7) is 3.87. The van der Waals surface area contributed by atoms with E-state index in [1.165, 1.54) is 6.07 Å². The molecule has 1 aliphatic rings. The first-order valence-corrected chi connectivity index (χ1v) is 8.62. The van der Waals surface area contributed by atoms with E-state index in [9.17, 15) is 14.4 Å². The number of pyridine rings is 1. The van der Waals surface area contributed by atoms with Crippen molar-refractivity contribution in [3.63, 3.8) is 0 Å². The largest absolute Gasteiger partial charge is 0.349 e. The monoisotopic (exact) mass is 333 g/mol. The zero-order valence-electron chi connectivity index (χ0n) is 14.8. The van der Waals surface area contributed by atoms with Crippen LogP contribution in [0.4, 0.5) is 0 Å². The van der Waals surface area contributed by atoms with E-state index in [2.05, 4.69) is 0 Å². The number of carbonyl (C=O) groups excluding carboxylic acids is 2. The summed E-state index contributed by atoms with van der Waals surface area (Å²) in [5, 5.41) is 0. The smallest absolute Gasteiger partial charge is 0.254 e. The Bertz CT molecular complexity index is 651. The molecule has 0 bridgehead atoms. The molecule has 0 aromatic carbocycles. The van der Waals surface area contributed by atoms with E-state index in [1.54, 1.807) is 35.8 Å². The molecule has 0 saturated carbocycles. The van der Waals surface area contributed by atoms with Crippen molar-refractivity contribution in [2.45, 2.75) is 39.2 Å². The zero-order chi connectivity index (χ0) is 17.7. The van der Waals surface area contributed by atoms with Gasteiger partial charge >= 0.3 is 0 Å². The van der Waals surface area contributed by atoms with Crippen molar-refractivity contribution in [1.29, 1.82) is 0 Å². The molecule has 6 heteroatoms. The van der Waals surface area contributed by atoms with Gasteiger partial charge in [-0.2, -0.15) is 0 Å². The lowest BCUT2D eigenvalue weighted by atomic mass is 9.92. The Morgan fingerprint density at radius 3 is 2.71 bits per heavy atom. The molecular weight excluding hydrogens is 306 g/mol. The summed E-state index contributed by atoms with van der Waals surface area (Å²) in [7, 11) is 3.52. The lowest BCUT2D eigenvalue weighted by Gasteiger charge is -2.33. The summed E-state index contributed by atoms with van der Waals surface area (Å²) >= 11 is 0. The second kappa shape index (κ2) is 8.13. The summed E-state index contributed by atoms with van der Waals surface area (Å²) in [6, 6.07) is 3.14. The Hall–Kier alpha value is -2.11. The minimum atomic E-state index is -0.145. The van der Waals surface area contributed by atoms with Crippen LogP contribution in [0.1, 0.15) is 43.0 Å². The number of carbonyl (C=O) groups is 2. The van der Waals surface area contributed by atoms with Gasteiger partial charge in [0.1, 0.15) is 0 Å². The van der Waals surface area contributed by atoms with Gasteiger partial charge in [0, 0.05) is 58.0 Å². The number of rotatable bonds is 5. The highest BCUT2D eigenvalue weighted by Crippen LogP contribution is 2.22. The predicted octanol–water partition coefficient (Wildman–Crippen LogP) is 1.59. The van der Waals surface area contributed by atoms with Crippen LogP contribution < -0.4 is 5.56 Å². The van der Waals surface area contributed by atoms with E-state index in [-0.39, 0.29) is 17.4 Å². The lowest BCUT2D eigenvalue weighted by Crippen LogP contribution is -2.40. The number of likely N-dealkylation sites (tertiary alicyclic amines) is 1. The van der Waals surface area contributed by atoms with Gasteiger partial charge in [-0.05, 0) is 38.2 Å². The van der Waals surface area contributed by atoms with Crippen molar-refractivity contribution in [3.05, 3.63) is 34.2 Å². The summed E-state index contributed by atoms with van der Waals surface area (Å²) in [5.74, 6) is 0.392. The Labute approximate surface area is 143 Å². The van der Waals surface area contributed by atoms with Crippen molar-refractivity contribution < 1.29 is 9.59 Å². The molecule has 6 nitrogen and oxygen atoms in total. The molecule has 1 aromatic heterocycles. The number of amides is 2. The van der Waals surface area contributed by atoms with Crippen LogP contribution in [0, 0.1) is 5.92 Å². The summed E-state index contributed by atoms with van der Waals surface area (Å²) in [5.41, 5.74) is 0.309. The maximum absolute atomic E-state index is 12.6. The number of hydrogen-bond acceptors (Lipinski definition) is 3. The quantitative estimate of drug-likeness (QED) is 0.822. The van der Waals surface area contributed by atoms with Crippen LogP contribution in [-0.2, 0) is 11.3 Å². The molecule has 0 spiro atoms. The standard InChI is InChI=1S/C18H27N3O3/c1-4-20-11-9-15(12-17(20)23)18(24)21-10-5-6-14(13-21)7-8-16(22)19(2)3/h9,11-12,14H,4-8,10,13H2,1-3H3/t14-/m0/s1. The van der Waals surface area contributed by atoms with Gasteiger partial charge in [0.05, 0.1) is 0 Å². The fourth-order valence-corrected chi connectivity index (χ4v) is 3.12. The number of aryl methyl sites for hydroxylation is 1. The fraction of sp³-hybridized carbons (Fsp3) is 0.611. The molecule has 1 aromatic rings. The maximum atomic E-state index is 12.6. The Morgan fingerprint density at radius 2 is 2.08 bits per heavy atom. The second-order valence-electron chi connectivity index (χ2n) is 6.63. The van der Waals surface area contributed by atoms with Gasteiger partial charge in [-0.1, -0.05) is 0 Å². The molecule has 132 valence electrons. The van der Waals surface area contributed by atoms with Crippen molar-refractivity contribution in [2.24, 2.45) is 5.92 Å². The molecule has 0 N–H and O–H groups in total. The molecule has 0 aliphatic carbocycles. The molecule has 24 heavy (non-hydrogen) atoms. The van der Waals surface area contributed by atoms with Crippen LogP contribution in [0.3, 0.4) is 0 Å². The lowest BCUT2D eigenvalue weighted by molar-refractivity contribution is -0.129. The van der Waals surface area contributed by atoms with E-state index >= 15 is 0 Å². The van der Waals surface area contributed by atoms with Crippen LogP contribution >= 0.6 is 0 Å². The molecule has 2 heterocycles. The number of nitrogens with zero attached hydrogens (tertiary/aromatic N) is 3. The van der Waals surface area contributed by atoms with Crippen molar-refractivity contribution in [3.8, 4) is 0 Å². The third-order valence-corrected chi connectivity index (χ3v) is 4.66. The summed E-state index contributed by atoms with van der Waals surface area (Å²) < 4.78 is 1.57. The summed E-state index contributed by atoms with van der Waals surface area (Å²) in [4.78, 5) is 39.7. The second-order valence-corrected chi connectivity index (χ2v) is 6.63. The van der Waals surface area contributed by atoms with E-state index in [0.29, 0.717) is 37.5 Å². The van der Waals surface area contributed by atoms with Crippen molar-refractivity contribution in [1.82, 2.24) is 14.4 Å². The van der Waals surface area contributed by atoms with Gasteiger partial charge in [0.25, 0.3) is 11.5 Å². The van der Waals surface area contributed by atoms with Crippen LogP contribution in [0.2, 0.25) is 0 Å². The summed E-state index contributed by atoms with van der Waals surface area (Å²) in [6.07, 6.45) is 4.98. The molecule has 2 amide bonds. The molecule has 2 rings (SSSR count). The third kappa shape index (κ3) is 4.46. The normalized spacial score (nSPS) is 17.6. The minimum Gasteiger partial charge on any atom is -0.349 e. The SMILES string of the molecule is CCn1ccc(C(=O)N2CCC[C@@H](CCC(=O)N(C)C)C2)cc1=O. The van der Waals surface area contributed by atoms with E-state index in [0.717, 1.165) is 19.3 Å². The molecule has 1 atom stereocenters. The van der Waals surface area contributed by atoms with Crippen molar-refractivity contribution >= 4 is 11.8 Å². The molecule has 1 fully saturated rings. The minimum absolute atomic E-state index is 0.0843. The number of aromatic nitrogens is 1. The van der Waals surface area contributed by atoms with E-state index < -0.39 is 0 Å². The fourth-order valence-electron chi connectivity index (χ4n) is 3.12. The molecule has 1 aliphatic heterocycles. The van der Waals surface area contributed by atoms with E-state index in [4.69, 9.17) is 0 Å². The maximum Gasteiger partial charge on any atom is 0.254 e. The molecule has 0 radical (unpaired) electrons. The van der Waals surface area contributed by atoms with Gasteiger partial charge in [0.15, 0.2) is 0 Å². The van der Waals surface area contributed by atoms with Gasteiger partial charge in [0.2, 0.25) is 5.91 Å². The Balaban J connectivity index is 1.98. The van der Waals surface area contributed by atoms with E-state index in [1.807, 2.05) is 11.8 Å². The predicted molar refractivity (Wildman–Crippen MR) is 92.9 cm³/mol. The molecule has 1 saturated heterocycles. The highest BCUT2D eigenvalue weighted by atomic mass is 16.2. The third-order valence-electron chi connectivity index (χ3n) is 4.66. The highest BCUT2D eigenvalue weighted by molar-refractivity contribution is 5.94. The molecule has 0 unspecified atom stereocenters. The first-order chi connectivity index (χ1) is 11.4. The topological polar surface area (TPSA) is 62.6 Å². The Kier molecular flexibility index (Phi) is 6.17. The van der Waals surface area contributed by atoms with Crippen LogP contribution in [-0.4, -0.2) is 53.4 Å². The Morgan fingerprint density at radius 1 is 1.33 bits per heavy atom. The van der Waals surface area contributed by atoms with Gasteiger partial charge < -0.3 is 14.4 Å². The highest BCUT2D eigenvalue weighted by Gasteiger charge is 2.25. The average Bonchev–Trinajstić information content (AvgIpc) is 2.59. The van der Waals surface area contributed by atoms with Crippen LogP contribution in [0.25, 0.3) is 0 Å². The van der Waals surface area contributed by atoms with Crippen LogP contribution in [0.5, 0.6) is 0 Å². The van der Waals surface area contributed by atoms with Crippen LogP contribution in [0.15, 0.2) is 23.1 Å². The number of piperidine rings is 1. The van der Waals surface area contributed by atoms with Gasteiger partial charge in [-0.25, -0.2) is 0 Å². The first-order valence-electron chi connectivity index (χ1n) is 8.62. The average molecular weight is 333 g/mol. The first kappa shape index (κ1) is 18.2. The van der Waals surface area contributed by atoms with Gasteiger partial charge in [-0.15, -0.1) is 0 Å². The van der Waals surface area contributed by atoms with Gasteiger partial charge in [-0.3, -0.25) is 14.4 Å². The number of hydrogen-bond donors (Lipinski definition) is 0. The molecular formula is C18H27N3O3.